The van der Waals surface area contributed by atoms with E-state index in [0.29, 0.717) is 17.9 Å². The highest BCUT2D eigenvalue weighted by Crippen LogP contribution is 2.32. The van der Waals surface area contributed by atoms with Gasteiger partial charge in [-0.1, -0.05) is 23.7 Å². The quantitative estimate of drug-likeness (QED) is 0.816. The summed E-state index contributed by atoms with van der Waals surface area (Å²) in [5.41, 5.74) is 2.15. The summed E-state index contributed by atoms with van der Waals surface area (Å²) in [5, 5.41) is 2.94. The molecular weight excluding hydrogens is 383 g/mol. The van der Waals surface area contributed by atoms with E-state index < -0.39 is 18.6 Å². The summed E-state index contributed by atoms with van der Waals surface area (Å²) in [6.07, 6.45) is -2.93. The Kier molecular flexibility index (Phi) is 5.57. The Balaban J connectivity index is 1.75. The molecule has 3 rings (SSSR count). The first-order chi connectivity index (χ1) is 12.8. The molecule has 0 saturated heterocycles. The molecule has 1 aliphatic heterocycles. The fourth-order valence-electron chi connectivity index (χ4n) is 2.96. The maximum atomic E-state index is 12.6. The van der Waals surface area contributed by atoms with Crippen LogP contribution >= 0.6 is 11.6 Å². The molecule has 9 heteroatoms. The number of nitrogens with zero attached hydrogens (tertiary/aromatic N) is 2. The van der Waals surface area contributed by atoms with Crippen molar-refractivity contribution in [2.24, 2.45) is 0 Å². The maximum Gasteiger partial charge on any atom is 0.401 e. The Hall–Kier alpha value is -2.32. The number of halogens is 4. The first-order valence-electron chi connectivity index (χ1n) is 8.26. The van der Waals surface area contributed by atoms with Gasteiger partial charge in [-0.3, -0.25) is 9.69 Å². The van der Waals surface area contributed by atoms with Crippen molar-refractivity contribution in [2.45, 2.75) is 26.2 Å². The standard InChI is InChI=1S/C18H17ClF3N3O2/c1-2-27-17-14(19)6-12(7-23-17)16(26)24-15-5-3-4-11-8-25(9-13(11)15)10-18(20,21)22/h3-7H,2,8-10H2,1H3,(H,24,26). The second kappa shape index (κ2) is 7.74. The first-order valence-corrected chi connectivity index (χ1v) is 8.64. The fourth-order valence-corrected chi connectivity index (χ4v) is 3.18. The van der Waals surface area contributed by atoms with Gasteiger partial charge in [-0.25, -0.2) is 4.98 Å². The molecule has 5 nitrogen and oxygen atoms in total. The first kappa shape index (κ1) is 19.4. The number of anilines is 1. The van der Waals surface area contributed by atoms with Gasteiger partial charge in [0.15, 0.2) is 0 Å². The molecule has 0 spiro atoms. The van der Waals surface area contributed by atoms with Gasteiger partial charge in [0.1, 0.15) is 5.02 Å². The Morgan fingerprint density at radius 1 is 1.37 bits per heavy atom. The highest BCUT2D eigenvalue weighted by atomic mass is 35.5. The lowest BCUT2D eigenvalue weighted by molar-refractivity contribution is -0.146. The largest absolute Gasteiger partial charge is 0.477 e. The fraction of sp³-hybridized carbons (Fsp3) is 0.333. The van der Waals surface area contributed by atoms with Crippen LogP contribution in [0.5, 0.6) is 5.88 Å². The smallest absolute Gasteiger partial charge is 0.401 e. The molecule has 0 bridgehead atoms. The number of carbonyl (C=O) groups is 1. The van der Waals surface area contributed by atoms with Crippen LogP contribution in [0, 0.1) is 0 Å². The van der Waals surface area contributed by atoms with Crippen LogP contribution in [0.4, 0.5) is 18.9 Å². The van der Waals surface area contributed by atoms with E-state index in [0.717, 1.165) is 5.56 Å². The Bertz CT molecular complexity index is 858. The van der Waals surface area contributed by atoms with Crippen molar-refractivity contribution < 1.29 is 22.7 Å². The molecular formula is C18H17ClF3N3O2. The number of amides is 1. The van der Waals surface area contributed by atoms with Crippen LogP contribution in [0.1, 0.15) is 28.4 Å². The van der Waals surface area contributed by atoms with E-state index >= 15 is 0 Å². The number of carbonyl (C=O) groups excluding carboxylic acids is 1. The summed E-state index contributed by atoms with van der Waals surface area (Å²) >= 11 is 6.05. The maximum absolute atomic E-state index is 12.6. The zero-order valence-electron chi connectivity index (χ0n) is 14.4. The molecule has 0 radical (unpaired) electrons. The second-order valence-electron chi connectivity index (χ2n) is 6.10. The predicted molar refractivity (Wildman–Crippen MR) is 95.0 cm³/mol. The summed E-state index contributed by atoms with van der Waals surface area (Å²) in [6, 6.07) is 6.57. The van der Waals surface area contributed by atoms with Crippen LogP contribution in [0.15, 0.2) is 30.5 Å². The lowest BCUT2D eigenvalue weighted by Crippen LogP contribution is -2.30. The molecule has 0 atom stereocenters. The highest BCUT2D eigenvalue weighted by molar-refractivity contribution is 6.32. The molecule has 1 N–H and O–H groups in total. The van der Waals surface area contributed by atoms with Gasteiger partial charge in [0, 0.05) is 25.0 Å². The van der Waals surface area contributed by atoms with Crippen molar-refractivity contribution in [3.63, 3.8) is 0 Å². The van der Waals surface area contributed by atoms with Crippen LogP contribution in [0.25, 0.3) is 0 Å². The number of fused-ring (bicyclic) bond motifs is 1. The Morgan fingerprint density at radius 3 is 2.81 bits per heavy atom. The zero-order chi connectivity index (χ0) is 19.6. The predicted octanol–water partition coefficient (Wildman–Crippen LogP) is 4.26. The topological polar surface area (TPSA) is 54.5 Å². The van der Waals surface area contributed by atoms with Crippen LogP contribution in [0.2, 0.25) is 5.02 Å². The second-order valence-corrected chi connectivity index (χ2v) is 6.51. The van der Waals surface area contributed by atoms with Crippen molar-refractivity contribution in [3.8, 4) is 5.88 Å². The van der Waals surface area contributed by atoms with E-state index in [2.05, 4.69) is 10.3 Å². The van der Waals surface area contributed by atoms with Gasteiger partial charge in [0.2, 0.25) is 5.88 Å². The van der Waals surface area contributed by atoms with E-state index in [1.807, 2.05) is 0 Å². The molecule has 0 unspecified atom stereocenters. The minimum absolute atomic E-state index is 0.119. The molecule has 0 saturated carbocycles. The van der Waals surface area contributed by atoms with Crippen LogP contribution in [-0.4, -0.2) is 35.1 Å². The van der Waals surface area contributed by atoms with E-state index in [1.165, 1.54) is 17.2 Å². The van der Waals surface area contributed by atoms with Crippen molar-refractivity contribution in [3.05, 3.63) is 52.2 Å². The van der Waals surface area contributed by atoms with E-state index in [-0.39, 0.29) is 29.6 Å². The third kappa shape index (κ3) is 4.70. The highest BCUT2D eigenvalue weighted by Gasteiger charge is 2.34. The van der Waals surface area contributed by atoms with Gasteiger partial charge in [-0.2, -0.15) is 13.2 Å². The number of alkyl halides is 3. The molecule has 0 aliphatic carbocycles. The third-order valence-corrected chi connectivity index (χ3v) is 4.32. The molecule has 0 fully saturated rings. The summed E-state index contributed by atoms with van der Waals surface area (Å²) in [7, 11) is 0. The van der Waals surface area contributed by atoms with Gasteiger partial charge < -0.3 is 10.1 Å². The average Bonchev–Trinajstić information content (AvgIpc) is 2.98. The number of hydrogen-bond acceptors (Lipinski definition) is 4. The van der Waals surface area contributed by atoms with E-state index in [1.54, 1.807) is 25.1 Å². The number of aromatic nitrogens is 1. The van der Waals surface area contributed by atoms with Gasteiger partial charge in [-0.15, -0.1) is 0 Å². The van der Waals surface area contributed by atoms with E-state index in [9.17, 15) is 18.0 Å². The molecule has 27 heavy (non-hydrogen) atoms. The van der Waals surface area contributed by atoms with Crippen LogP contribution < -0.4 is 10.1 Å². The number of nitrogens with one attached hydrogen (secondary N) is 1. The molecule has 2 aromatic rings. The SMILES string of the molecule is CCOc1ncc(C(=O)Nc2cccc3c2CN(CC(F)(F)F)C3)cc1Cl. The molecule has 1 amide bonds. The molecule has 1 aromatic heterocycles. The van der Waals surface area contributed by atoms with Crippen molar-refractivity contribution >= 4 is 23.2 Å². The number of rotatable bonds is 5. The minimum Gasteiger partial charge on any atom is -0.477 e. The number of hydrogen-bond donors (Lipinski definition) is 1. The average molecular weight is 400 g/mol. The summed E-state index contributed by atoms with van der Waals surface area (Å²) in [4.78, 5) is 17.8. The summed E-state index contributed by atoms with van der Waals surface area (Å²) in [5.74, 6) is -0.214. The monoisotopic (exact) mass is 399 g/mol. The Morgan fingerprint density at radius 2 is 2.15 bits per heavy atom. The van der Waals surface area contributed by atoms with Crippen molar-refractivity contribution in [1.82, 2.24) is 9.88 Å². The van der Waals surface area contributed by atoms with Gasteiger partial charge >= 0.3 is 6.18 Å². The lowest BCUT2D eigenvalue weighted by Gasteiger charge is -2.17. The lowest BCUT2D eigenvalue weighted by atomic mass is 10.1. The number of ether oxygens (including phenoxy) is 1. The normalized spacial score (nSPS) is 14.1. The summed E-state index contributed by atoms with van der Waals surface area (Å²) in [6.45, 7) is 1.50. The molecule has 2 heterocycles. The van der Waals surface area contributed by atoms with Gasteiger partial charge in [0.25, 0.3) is 5.91 Å². The third-order valence-electron chi connectivity index (χ3n) is 4.05. The summed E-state index contributed by atoms with van der Waals surface area (Å²) < 4.78 is 43.2. The van der Waals surface area contributed by atoms with Crippen molar-refractivity contribution in [1.29, 1.82) is 0 Å². The van der Waals surface area contributed by atoms with E-state index in [4.69, 9.17) is 16.3 Å². The minimum atomic E-state index is -4.27. The molecule has 1 aromatic carbocycles. The zero-order valence-corrected chi connectivity index (χ0v) is 15.2. The van der Waals surface area contributed by atoms with Crippen LogP contribution in [0.3, 0.4) is 0 Å². The van der Waals surface area contributed by atoms with Crippen molar-refractivity contribution in [2.75, 3.05) is 18.5 Å². The van der Waals surface area contributed by atoms with Gasteiger partial charge in [-0.05, 0) is 30.2 Å². The number of benzene rings is 1. The number of pyridine rings is 1. The molecule has 1 aliphatic rings. The Labute approximate surface area is 159 Å². The molecule has 144 valence electrons. The van der Waals surface area contributed by atoms with Gasteiger partial charge in [0.05, 0.1) is 18.7 Å². The van der Waals surface area contributed by atoms with Crippen LogP contribution in [-0.2, 0) is 13.1 Å².